The molecule has 1 fully saturated rings. The highest BCUT2D eigenvalue weighted by Gasteiger charge is 2.24. The Morgan fingerprint density at radius 3 is 2.46 bits per heavy atom. The molecular weight excluding hydrogens is 344 g/mol. The zero-order valence-electron chi connectivity index (χ0n) is 16.9. The summed E-state index contributed by atoms with van der Waals surface area (Å²) in [4.78, 5) is 15.0. The van der Waals surface area contributed by atoms with Crippen LogP contribution in [0.25, 0.3) is 6.08 Å². The minimum atomic E-state index is 0.120. The number of anilines is 1. The van der Waals surface area contributed by atoms with Crippen LogP contribution in [0.1, 0.15) is 43.7 Å². The zero-order valence-corrected chi connectivity index (χ0v) is 16.9. The molecule has 28 heavy (non-hydrogen) atoms. The number of hydrogen-bond acceptors (Lipinski definition) is 2. The third-order valence-electron chi connectivity index (χ3n) is 5.47. The van der Waals surface area contributed by atoms with Gasteiger partial charge >= 0.3 is 0 Å². The molecule has 0 bridgehead atoms. The lowest BCUT2D eigenvalue weighted by Crippen LogP contribution is -2.38. The van der Waals surface area contributed by atoms with Crippen molar-refractivity contribution in [2.75, 3.05) is 25.0 Å². The molecule has 0 aromatic heterocycles. The molecule has 1 N–H and O–H groups in total. The monoisotopic (exact) mass is 376 g/mol. The molecule has 2 aromatic rings. The van der Waals surface area contributed by atoms with E-state index >= 15 is 0 Å². The quantitative estimate of drug-likeness (QED) is 0.669. The van der Waals surface area contributed by atoms with Gasteiger partial charge in [-0.05, 0) is 62.0 Å². The summed E-state index contributed by atoms with van der Waals surface area (Å²) in [6.45, 7) is 5.11. The van der Waals surface area contributed by atoms with Gasteiger partial charge in [0.1, 0.15) is 0 Å². The number of nitrogens with one attached hydrogen (secondary N) is 1. The summed E-state index contributed by atoms with van der Waals surface area (Å²) in [5.74, 6) is 0.287. The second-order valence-electron chi connectivity index (χ2n) is 7.68. The Labute approximate surface area is 169 Å². The lowest BCUT2D eigenvalue weighted by atomic mass is 9.95. The van der Waals surface area contributed by atoms with Gasteiger partial charge < -0.3 is 5.32 Å². The van der Waals surface area contributed by atoms with E-state index in [1.54, 1.807) is 0 Å². The van der Waals surface area contributed by atoms with Gasteiger partial charge in [0, 0.05) is 18.2 Å². The number of carbonyl (C=O) groups is 1. The van der Waals surface area contributed by atoms with Gasteiger partial charge in [0.05, 0.1) is 0 Å². The van der Waals surface area contributed by atoms with Crippen LogP contribution in [0, 0.1) is 5.92 Å². The van der Waals surface area contributed by atoms with Crippen LogP contribution in [0.4, 0.5) is 5.69 Å². The number of unbranched alkanes of at least 4 members (excludes halogenated alkanes) is 1. The summed E-state index contributed by atoms with van der Waals surface area (Å²) < 4.78 is 0. The third-order valence-corrected chi connectivity index (χ3v) is 5.47. The van der Waals surface area contributed by atoms with Crippen molar-refractivity contribution in [1.29, 1.82) is 0 Å². The molecule has 0 atom stereocenters. The van der Waals surface area contributed by atoms with Crippen LogP contribution in [-0.2, 0) is 11.2 Å². The van der Waals surface area contributed by atoms with E-state index in [2.05, 4.69) is 65.7 Å². The molecule has 1 heterocycles. The largest absolute Gasteiger partial charge is 0.326 e. The Kier molecular flexibility index (Phi) is 7.86. The summed E-state index contributed by atoms with van der Waals surface area (Å²) in [7, 11) is 0. The van der Waals surface area contributed by atoms with Gasteiger partial charge in [-0.1, -0.05) is 68.0 Å². The summed E-state index contributed by atoms with van der Waals surface area (Å²) in [5.41, 5.74) is 3.49. The van der Waals surface area contributed by atoms with Crippen LogP contribution in [0.5, 0.6) is 0 Å². The van der Waals surface area contributed by atoms with E-state index in [-0.39, 0.29) is 11.8 Å². The Hall–Kier alpha value is -2.39. The summed E-state index contributed by atoms with van der Waals surface area (Å²) >= 11 is 0. The van der Waals surface area contributed by atoms with Gasteiger partial charge in [-0.3, -0.25) is 9.69 Å². The maximum atomic E-state index is 12.6. The number of amides is 1. The Balaban J connectivity index is 1.40. The van der Waals surface area contributed by atoms with Gasteiger partial charge in [0.15, 0.2) is 0 Å². The Morgan fingerprint density at radius 1 is 1.07 bits per heavy atom. The average Bonchev–Trinajstić information content (AvgIpc) is 2.74. The maximum absolute atomic E-state index is 12.6. The molecule has 0 saturated carbocycles. The van der Waals surface area contributed by atoms with Gasteiger partial charge in [-0.15, -0.1) is 0 Å². The van der Waals surface area contributed by atoms with Crippen molar-refractivity contribution in [2.24, 2.45) is 5.92 Å². The summed E-state index contributed by atoms with van der Waals surface area (Å²) in [5, 5.41) is 3.10. The molecule has 0 spiro atoms. The van der Waals surface area contributed by atoms with E-state index < -0.39 is 0 Å². The summed E-state index contributed by atoms with van der Waals surface area (Å²) in [6.07, 6.45) is 9.78. The first-order chi connectivity index (χ1) is 13.7. The highest BCUT2D eigenvalue weighted by Crippen LogP contribution is 2.20. The molecule has 0 aliphatic carbocycles. The van der Waals surface area contributed by atoms with Gasteiger partial charge in [-0.25, -0.2) is 0 Å². The minimum absolute atomic E-state index is 0.120. The predicted molar refractivity (Wildman–Crippen MR) is 118 cm³/mol. The third kappa shape index (κ3) is 6.35. The van der Waals surface area contributed by atoms with Crippen LogP contribution in [0.15, 0.2) is 60.7 Å². The van der Waals surface area contributed by atoms with Crippen LogP contribution < -0.4 is 5.32 Å². The number of hydrogen-bond donors (Lipinski definition) is 1. The molecule has 3 heteroatoms. The van der Waals surface area contributed by atoms with Crippen molar-refractivity contribution in [3.63, 3.8) is 0 Å². The van der Waals surface area contributed by atoms with Crippen LogP contribution in [0.2, 0.25) is 0 Å². The molecule has 0 radical (unpaired) electrons. The number of likely N-dealkylation sites (tertiary alicyclic amines) is 1. The van der Waals surface area contributed by atoms with Crippen molar-refractivity contribution >= 4 is 17.7 Å². The van der Waals surface area contributed by atoms with E-state index in [0.29, 0.717) is 0 Å². The lowest BCUT2D eigenvalue weighted by Gasteiger charge is -2.30. The van der Waals surface area contributed by atoms with E-state index in [9.17, 15) is 4.79 Å². The zero-order chi connectivity index (χ0) is 19.6. The molecule has 148 valence electrons. The van der Waals surface area contributed by atoms with E-state index in [0.717, 1.165) is 44.6 Å². The smallest absolute Gasteiger partial charge is 0.227 e. The van der Waals surface area contributed by atoms with Crippen molar-refractivity contribution in [2.45, 2.75) is 39.0 Å². The fourth-order valence-corrected chi connectivity index (χ4v) is 3.66. The normalized spacial score (nSPS) is 15.8. The molecule has 2 aromatic carbocycles. The SMILES string of the molecule is CCCCc1ccc(NC(=O)C2CCN(C/C=C/c3ccccc3)CC2)cc1. The maximum Gasteiger partial charge on any atom is 0.227 e. The summed E-state index contributed by atoms with van der Waals surface area (Å²) in [6, 6.07) is 18.7. The topological polar surface area (TPSA) is 32.3 Å². The first-order valence-corrected chi connectivity index (χ1v) is 10.6. The molecule has 1 aliphatic rings. The van der Waals surface area contributed by atoms with Gasteiger partial charge in [0.2, 0.25) is 5.91 Å². The number of rotatable bonds is 8. The molecule has 1 saturated heterocycles. The molecule has 1 amide bonds. The molecule has 0 unspecified atom stereocenters. The van der Waals surface area contributed by atoms with Gasteiger partial charge in [-0.2, -0.15) is 0 Å². The van der Waals surface area contributed by atoms with Crippen molar-refractivity contribution in [1.82, 2.24) is 4.90 Å². The highest BCUT2D eigenvalue weighted by molar-refractivity contribution is 5.92. The first-order valence-electron chi connectivity index (χ1n) is 10.6. The van der Waals surface area contributed by atoms with E-state index in [4.69, 9.17) is 0 Å². The predicted octanol–water partition coefficient (Wildman–Crippen LogP) is 5.39. The standard InChI is InChI=1S/C25H32N2O/c1-2-3-8-22-12-14-24(15-13-22)26-25(28)23-16-19-27(20-17-23)18-7-11-21-9-5-4-6-10-21/h4-7,9-15,23H,2-3,8,16-20H2,1H3,(H,26,28)/b11-7+. The number of nitrogens with zero attached hydrogens (tertiary/aromatic N) is 1. The lowest BCUT2D eigenvalue weighted by molar-refractivity contribution is -0.121. The number of benzene rings is 2. The van der Waals surface area contributed by atoms with Gasteiger partial charge in [0.25, 0.3) is 0 Å². The average molecular weight is 377 g/mol. The molecular formula is C25H32N2O. The molecule has 1 aliphatic heterocycles. The Morgan fingerprint density at radius 2 is 1.79 bits per heavy atom. The molecule has 3 nitrogen and oxygen atoms in total. The highest BCUT2D eigenvalue weighted by atomic mass is 16.1. The Bertz CT molecular complexity index is 744. The minimum Gasteiger partial charge on any atom is -0.326 e. The van der Waals surface area contributed by atoms with E-state index in [1.165, 1.54) is 24.0 Å². The van der Waals surface area contributed by atoms with Crippen LogP contribution >= 0.6 is 0 Å². The fourth-order valence-electron chi connectivity index (χ4n) is 3.66. The second kappa shape index (κ2) is 10.8. The second-order valence-corrected chi connectivity index (χ2v) is 7.68. The van der Waals surface area contributed by atoms with Crippen LogP contribution in [-0.4, -0.2) is 30.4 Å². The molecule has 3 rings (SSSR count). The van der Waals surface area contributed by atoms with Crippen molar-refractivity contribution in [3.05, 3.63) is 71.8 Å². The first kappa shape index (κ1) is 20.3. The van der Waals surface area contributed by atoms with Crippen molar-refractivity contribution in [3.8, 4) is 0 Å². The fraction of sp³-hybridized carbons (Fsp3) is 0.400. The number of carbonyl (C=O) groups excluding carboxylic acids is 1. The number of aryl methyl sites for hydroxylation is 1. The van der Waals surface area contributed by atoms with Crippen molar-refractivity contribution < 1.29 is 4.79 Å². The van der Waals surface area contributed by atoms with Crippen LogP contribution in [0.3, 0.4) is 0 Å². The van der Waals surface area contributed by atoms with E-state index in [1.807, 2.05) is 18.2 Å². The number of piperidine rings is 1.